The third-order valence-electron chi connectivity index (χ3n) is 6.47. The molecular weight excluding hydrogens is 392 g/mol. The molecule has 0 unspecified atom stereocenters. The highest BCUT2D eigenvalue weighted by atomic mass is 16.5. The molecular formula is C25H30N2O4. The summed E-state index contributed by atoms with van der Waals surface area (Å²) in [5.41, 5.74) is 1.25. The van der Waals surface area contributed by atoms with Crippen molar-refractivity contribution in [3.8, 4) is 11.5 Å². The van der Waals surface area contributed by atoms with Crippen LogP contribution in [0.2, 0.25) is 0 Å². The summed E-state index contributed by atoms with van der Waals surface area (Å²) in [5, 5.41) is 3.09. The number of benzene rings is 2. The molecule has 1 saturated heterocycles. The van der Waals surface area contributed by atoms with Crippen molar-refractivity contribution in [3.05, 3.63) is 54.1 Å². The second kappa shape index (κ2) is 9.41. The van der Waals surface area contributed by atoms with Gasteiger partial charge in [0.1, 0.15) is 11.5 Å². The molecule has 2 fully saturated rings. The standard InChI is InChI=1S/C25H30N2O4/c1-30-21-10-6-19(7-11-21)25(14-2-3-15-25)24(29)26-20-8-12-22(13-9-20)31-18-23(28)27-16-4-5-17-27/h6-13H,2-5,14-18H2,1H3,(H,26,29). The van der Waals surface area contributed by atoms with Gasteiger partial charge in [-0.15, -0.1) is 0 Å². The number of carbonyl (C=O) groups is 2. The van der Waals surface area contributed by atoms with Gasteiger partial charge in [0, 0.05) is 18.8 Å². The molecule has 6 nitrogen and oxygen atoms in total. The normalized spacial score (nSPS) is 17.4. The largest absolute Gasteiger partial charge is 0.497 e. The van der Waals surface area contributed by atoms with E-state index >= 15 is 0 Å². The molecule has 164 valence electrons. The van der Waals surface area contributed by atoms with Gasteiger partial charge in [0.2, 0.25) is 5.91 Å². The summed E-state index contributed by atoms with van der Waals surface area (Å²) < 4.78 is 10.9. The van der Waals surface area contributed by atoms with Gasteiger partial charge < -0.3 is 19.7 Å². The predicted molar refractivity (Wildman–Crippen MR) is 120 cm³/mol. The van der Waals surface area contributed by atoms with Crippen molar-refractivity contribution in [3.63, 3.8) is 0 Å². The van der Waals surface area contributed by atoms with Crippen molar-refractivity contribution >= 4 is 17.5 Å². The van der Waals surface area contributed by atoms with Crippen LogP contribution in [0.4, 0.5) is 5.69 Å². The van der Waals surface area contributed by atoms with Gasteiger partial charge in [0.05, 0.1) is 12.5 Å². The van der Waals surface area contributed by atoms with Crippen LogP contribution in [-0.2, 0) is 15.0 Å². The summed E-state index contributed by atoms with van der Waals surface area (Å²) in [5.74, 6) is 1.46. The first kappa shape index (κ1) is 21.2. The fourth-order valence-electron chi connectivity index (χ4n) is 4.62. The van der Waals surface area contributed by atoms with Crippen LogP contribution >= 0.6 is 0 Å². The van der Waals surface area contributed by atoms with Crippen LogP contribution in [0.3, 0.4) is 0 Å². The van der Waals surface area contributed by atoms with E-state index in [0.717, 1.165) is 68.6 Å². The molecule has 1 N–H and O–H groups in total. The summed E-state index contributed by atoms with van der Waals surface area (Å²) in [6, 6.07) is 15.1. The molecule has 0 aromatic heterocycles. The molecule has 0 atom stereocenters. The lowest BCUT2D eigenvalue weighted by Gasteiger charge is -2.28. The SMILES string of the molecule is COc1ccc(C2(C(=O)Nc3ccc(OCC(=O)N4CCCC4)cc3)CCCC2)cc1. The molecule has 4 rings (SSSR count). The minimum atomic E-state index is -0.510. The molecule has 0 spiro atoms. The smallest absolute Gasteiger partial charge is 0.260 e. The van der Waals surface area contributed by atoms with Crippen molar-refractivity contribution in [1.29, 1.82) is 0 Å². The van der Waals surface area contributed by atoms with Crippen molar-refractivity contribution in [2.24, 2.45) is 0 Å². The Bertz CT molecular complexity index is 896. The van der Waals surface area contributed by atoms with E-state index in [4.69, 9.17) is 9.47 Å². The summed E-state index contributed by atoms with van der Waals surface area (Å²) in [7, 11) is 1.64. The van der Waals surface area contributed by atoms with Crippen LogP contribution in [0.1, 0.15) is 44.1 Å². The van der Waals surface area contributed by atoms with E-state index in [1.54, 1.807) is 19.2 Å². The minimum absolute atomic E-state index is 0.0213. The van der Waals surface area contributed by atoms with Gasteiger partial charge in [-0.1, -0.05) is 25.0 Å². The number of rotatable bonds is 7. The van der Waals surface area contributed by atoms with Crippen LogP contribution in [0, 0.1) is 0 Å². The topological polar surface area (TPSA) is 67.9 Å². The quantitative estimate of drug-likeness (QED) is 0.728. The molecule has 0 bridgehead atoms. The Morgan fingerprint density at radius 3 is 2.13 bits per heavy atom. The lowest BCUT2D eigenvalue weighted by Crippen LogP contribution is -2.37. The van der Waals surface area contributed by atoms with E-state index in [2.05, 4.69) is 5.32 Å². The van der Waals surface area contributed by atoms with E-state index in [0.29, 0.717) is 5.75 Å². The molecule has 31 heavy (non-hydrogen) atoms. The zero-order valence-corrected chi connectivity index (χ0v) is 18.1. The van der Waals surface area contributed by atoms with Crippen molar-refractivity contribution in [2.75, 3.05) is 32.1 Å². The van der Waals surface area contributed by atoms with E-state index in [9.17, 15) is 9.59 Å². The number of hydrogen-bond donors (Lipinski definition) is 1. The number of carbonyl (C=O) groups excluding carboxylic acids is 2. The number of methoxy groups -OCH3 is 1. The Morgan fingerprint density at radius 2 is 1.52 bits per heavy atom. The van der Waals surface area contributed by atoms with Crippen molar-refractivity contribution < 1.29 is 19.1 Å². The number of nitrogens with one attached hydrogen (secondary N) is 1. The minimum Gasteiger partial charge on any atom is -0.497 e. The first-order valence-electron chi connectivity index (χ1n) is 11.1. The molecule has 1 heterocycles. The maximum absolute atomic E-state index is 13.3. The van der Waals surface area contributed by atoms with Gasteiger partial charge in [-0.25, -0.2) is 0 Å². The Kier molecular flexibility index (Phi) is 6.44. The van der Waals surface area contributed by atoms with Crippen LogP contribution in [0.5, 0.6) is 11.5 Å². The van der Waals surface area contributed by atoms with Crippen LogP contribution in [0.25, 0.3) is 0 Å². The van der Waals surface area contributed by atoms with Crippen LogP contribution < -0.4 is 14.8 Å². The Morgan fingerprint density at radius 1 is 0.903 bits per heavy atom. The lowest BCUT2D eigenvalue weighted by molar-refractivity contribution is -0.132. The molecule has 2 aromatic rings. The maximum atomic E-state index is 13.3. The van der Waals surface area contributed by atoms with E-state index < -0.39 is 5.41 Å². The Balaban J connectivity index is 1.39. The number of ether oxygens (including phenoxy) is 2. The van der Waals surface area contributed by atoms with Gasteiger partial charge in [-0.2, -0.15) is 0 Å². The number of anilines is 1. The average Bonchev–Trinajstić information content (AvgIpc) is 3.52. The van der Waals surface area contributed by atoms with E-state index in [-0.39, 0.29) is 18.4 Å². The zero-order valence-electron chi connectivity index (χ0n) is 18.1. The number of nitrogens with zero attached hydrogens (tertiary/aromatic N) is 1. The van der Waals surface area contributed by atoms with Crippen LogP contribution in [0.15, 0.2) is 48.5 Å². The third kappa shape index (κ3) is 4.68. The van der Waals surface area contributed by atoms with Gasteiger partial charge in [0.15, 0.2) is 6.61 Å². The van der Waals surface area contributed by atoms with E-state index in [1.807, 2.05) is 41.3 Å². The van der Waals surface area contributed by atoms with Gasteiger partial charge in [0.25, 0.3) is 5.91 Å². The molecule has 1 aliphatic heterocycles. The highest BCUT2D eigenvalue weighted by Crippen LogP contribution is 2.42. The fraction of sp³-hybridized carbons (Fsp3) is 0.440. The number of amides is 2. The predicted octanol–water partition coefficient (Wildman–Crippen LogP) is 4.15. The number of likely N-dealkylation sites (tertiary alicyclic amines) is 1. The van der Waals surface area contributed by atoms with Crippen molar-refractivity contribution in [2.45, 2.75) is 43.9 Å². The Labute approximate surface area is 183 Å². The third-order valence-corrected chi connectivity index (χ3v) is 6.47. The van der Waals surface area contributed by atoms with Crippen LogP contribution in [-0.4, -0.2) is 43.5 Å². The van der Waals surface area contributed by atoms with Gasteiger partial charge in [-0.05, 0) is 67.6 Å². The molecule has 2 aromatic carbocycles. The monoisotopic (exact) mass is 422 g/mol. The van der Waals surface area contributed by atoms with Gasteiger partial charge in [-0.3, -0.25) is 9.59 Å². The summed E-state index contributed by atoms with van der Waals surface area (Å²) in [6.45, 7) is 1.69. The maximum Gasteiger partial charge on any atom is 0.260 e. The summed E-state index contributed by atoms with van der Waals surface area (Å²) >= 11 is 0. The highest BCUT2D eigenvalue weighted by molar-refractivity contribution is 5.99. The summed E-state index contributed by atoms with van der Waals surface area (Å²) in [4.78, 5) is 27.3. The first-order chi connectivity index (χ1) is 15.1. The second-order valence-corrected chi connectivity index (χ2v) is 8.37. The van der Waals surface area contributed by atoms with Gasteiger partial charge >= 0.3 is 0 Å². The molecule has 2 aliphatic rings. The van der Waals surface area contributed by atoms with E-state index in [1.165, 1.54) is 0 Å². The summed E-state index contributed by atoms with van der Waals surface area (Å²) in [6.07, 6.45) is 5.89. The molecule has 2 amide bonds. The fourth-order valence-corrected chi connectivity index (χ4v) is 4.62. The second-order valence-electron chi connectivity index (χ2n) is 8.37. The highest BCUT2D eigenvalue weighted by Gasteiger charge is 2.42. The first-order valence-corrected chi connectivity index (χ1v) is 11.1. The van der Waals surface area contributed by atoms with Crippen molar-refractivity contribution in [1.82, 2.24) is 4.90 Å². The lowest BCUT2D eigenvalue weighted by atomic mass is 9.78. The number of hydrogen-bond acceptors (Lipinski definition) is 4. The molecule has 1 aliphatic carbocycles. The average molecular weight is 423 g/mol. The zero-order chi connectivity index (χ0) is 21.7. The Hall–Kier alpha value is -3.02. The molecule has 0 radical (unpaired) electrons. The molecule has 6 heteroatoms. The molecule has 1 saturated carbocycles.